The molecule has 1 atom stereocenters. The van der Waals surface area contributed by atoms with Crippen LogP contribution in [0.3, 0.4) is 0 Å². The molecule has 2 aromatic carbocycles. The lowest BCUT2D eigenvalue weighted by Crippen LogP contribution is -2.62. The highest BCUT2D eigenvalue weighted by molar-refractivity contribution is 6.08. The van der Waals surface area contributed by atoms with Gasteiger partial charge in [0.15, 0.2) is 5.78 Å². The van der Waals surface area contributed by atoms with E-state index in [1.54, 1.807) is 38.1 Å². The van der Waals surface area contributed by atoms with Crippen molar-refractivity contribution in [1.82, 2.24) is 0 Å². The SMILES string of the molecule is CC(C)=C(CC([NH3+])Cc1ccc(C(=O)c2ccccc2)cc1)C(=O)[O-]. The van der Waals surface area contributed by atoms with E-state index < -0.39 is 5.97 Å². The zero-order valence-corrected chi connectivity index (χ0v) is 14.6. The largest absolute Gasteiger partial charge is 0.545 e. The monoisotopic (exact) mass is 337 g/mol. The van der Waals surface area contributed by atoms with E-state index in [4.69, 9.17) is 0 Å². The second-order valence-electron chi connectivity index (χ2n) is 6.43. The van der Waals surface area contributed by atoms with Crippen LogP contribution in [0.5, 0.6) is 0 Å². The molecule has 3 N–H and O–H groups in total. The van der Waals surface area contributed by atoms with Gasteiger partial charge in [0.05, 0.1) is 12.0 Å². The lowest BCUT2D eigenvalue weighted by atomic mass is 9.96. The minimum atomic E-state index is -1.13. The molecule has 0 aromatic heterocycles. The second kappa shape index (κ2) is 8.40. The van der Waals surface area contributed by atoms with Crippen LogP contribution in [-0.2, 0) is 11.2 Å². The molecule has 0 bridgehead atoms. The lowest BCUT2D eigenvalue weighted by Gasteiger charge is -2.15. The third kappa shape index (κ3) is 5.13. The Balaban J connectivity index is 2.04. The van der Waals surface area contributed by atoms with Crippen molar-refractivity contribution >= 4 is 11.8 Å². The van der Waals surface area contributed by atoms with E-state index in [9.17, 15) is 14.7 Å². The molecule has 0 radical (unpaired) electrons. The van der Waals surface area contributed by atoms with Crippen molar-refractivity contribution in [2.75, 3.05) is 0 Å². The van der Waals surface area contributed by atoms with Gasteiger partial charge < -0.3 is 15.6 Å². The molecule has 2 rings (SSSR count). The summed E-state index contributed by atoms with van der Waals surface area (Å²) in [5.74, 6) is -1.14. The van der Waals surface area contributed by atoms with Crippen LogP contribution in [0.15, 0.2) is 65.7 Å². The molecular formula is C21H23NO3. The van der Waals surface area contributed by atoms with E-state index in [-0.39, 0.29) is 11.8 Å². The number of quaternary nitrogens is 1. The standard InChI is InChI=1S/C21H23NO3/c1-14(2)19(21(24)25)13-18(22)12-15-8-10-17(11-9-15)20(23)16-6-4-3-5-7-16/h3-11,18H,12-13,22H2,1-2H3,(H,24,25). The highest BCUT2D eigenvalue weighted by atomic mass is 16.4. The Hall–Kier alpha value is -2.72. The van der Waals surface area contributed by atoms with Gasteiger partial charge in [-0.3, -0.25) is 4.79 Å². The Labute approximate surface area is 148 Å². The van der Waals surface area contributed by atoms with Crippen molar-refractivity contribution in [3.8, 4) is 0 Å². The maximum Gasteiger partial charge on any atom is 0.193 e. The number of rotatable bonds is 7. The smallest absolute Gasteiger partial charge is 0.193 e. The number of aliphatic carboxylic acids is 1. The zero-order chi connectivity index (χ0) is 18.4. The van der Waals surface area contributed by atoms with Crippen LogP contribution in [-0.4, -0.2) is 17.8 Å². The molecule has 1 unspecified atom stereocenters. The minimum absolute atomic E-state index is 0.0119. The van der Waals surface area contributed by atoms with Gasteiger partial charge in [-0.1, -0.05) is 60.2 Å². The zero-order valence-electron chi connectivity index (χ0n) is 14.6. The van der Waals surface area contributed by atoms with Gasteiger partial charge >= 0.3 is 0 Å². The number of carboxylic acids is 1. The van der Waals surface area contributed by atoms with Crippen molar-refractivity contribution in [2.45, 2.75) is 32.7 Å². The lowest BCUT2D eigenvalue weighted by molar-refractivity contribution is -0.419. The van der Waals surface area contributed by atoms with Crippen molar-refractivity contribution in [2.24, 2.45) is 0 Å². The molecule has 130 valence electrons. The molecule has 0 heterocycles. The molecule has 0 aliphatic carbocycles. The summed E-state index contributed by atoms with van der Waals surface area (Å²) in [5, 5.41) is 11.1. The summed E-state index contributed by atoms with van der Waals surface area (Å²) in [6, 6.07) is 16.5. The maximum atomic E-state index is 12.4. The first-order valence-electron chi connectivity index (χ1n) is 8.28. The van der Waals surface area contributed by atoms with Crippen LogP contribution in [0.2, 0.25) is 0 Å². The molecule has 0 aliphatic heterocycles. The van der Waals surface area contributed by atoms with Gasteiger partial charge in [0, 0.05) is 24.0 Å². The van der Waals surface area contributed by atoms with Crippen molar-refractivity contribution < 1.29 is 20.4 Å². The Morgan fingerprint density at radius 3 is 2.04 bits per heavy atom. The first-order valence-corrected chi connectivity index (χ1v) is 8.28. The highest BCUT2D eigenvalue weighted by Gasteiger charge is 2.14. The van der Waals surface area contributed by atoms with Gasteiger partial charge in [-0.25, -0.2) is 0 Å². The first-order chi connectivity index (χ1) is 11.9. The third-order valence-corrected chi connectivity index (χ3v) is 4.12. The summed E-state index contributed by atoms with van der Waals surface area (Å²) in [6.07, 6.45) is 1.01. The van der Waals surface area contributed by atoms with Crippen LogP contribution in [0.4, 0.5) is 0 Å². The molecule has 0 fully saturated rings. The molecule has 4 heteroatoms. The number of carbonyl (C=O) groups is 2. The number of allylic oxidation sites excluding steroid dienone is 1. The predicted octanol–water partition coefficient (Wildman–Crippen LogP) is 1.55. The minimum Gasteiger partial charge on any atom is -0.545 e. The van der Waals surface area contributed by atoms with E-state index in [1.165, 1.54) is 0 Å². The summed E-state index contributed by atoms with van der Waals surface area (Å²) < 4.78 is 0. The summed E-state index contributed by atoms with van der Waals surface area (Å²) in [7, 11) is 0. The molecule has 0 spiro atoms. The summed E-state index contributed by atoms with van der Waals surface area (Å²) in [6.45, 7) is 3.53. The van der Waals surface area contributed by atoms with Gasteiger partial charge in [-0.2, -0.15) is 0 Å². The fourth-order valence-corrected chi connectivity index (χ4v) is 2.73. The maximum absolute atomic E-state index is 12.4. The van der Waals surface area contributed by atoms with E-state index >= 15 is 0 Å². The molecular weight excluding hydrogens is 314 g/mol. The molecule has 0 saturated heterocycles. The molecule has 25 heavy (non-hydrogen) atoms. The number of benzene rings is 2. The van der Waals surface area contributed by atoms with E-state index in [1.807, 2.05) is 30.3 Å². The second-order valence-corrected chi connectivity index (χ2v) is 6.43. The van der Waals surface area contributed by atoms with Gasteiger partial charge in [-0.15, -0.1) is 0 Å². The number of ketones is 1. The van der Waals surface area contributed by atoms with Crippen molar-refractivity contribution in [3.05, 3.63) is 82.4 Å². The van der Waals surface area contributed by atoms with Gasteiger partial charge in [-0.05, 0) is 25.0 Å². The molecule has 0 saturated carbocycles. The topological polar surface area (TPSA) is 84.8 Å². The number of hydrogen-bond acceptors (Lipinski definition) is 3. The molecule has 0 amide bonds. The molecule has 4 nitrogen and oxygen atoms in total. The summed E-state index contributed by atoms with van der Waals surface area (Å²) in [5.41, 5.74) is 7.43. The average molecular weight is 337 g/mol. The Morgan fingerprint density at radius 2 is 1.52 bits per heavy atom. The van der Waals surface area contributed by atoms with Gasteiger partial charge in [0.1, 0.15) is 0 Å². The Bertz CT molecular complexity index is 773. The van der Waals surface area contributed by atoms with Crippen LogP contribution < -0.4 is 10.8 Å². The third-order valence-electron chi connectivity index (χ3n) is 4.12. The van der Waals surface area contributed by atoms with Crippen LogP contribution >= 0.6 is 0 Å². The fraction of sp³-hybridized carbons (Fsp3) is 0.238. The quantitative estimate of drug-likeness (QED) is 0.614. The first kappa shape index (κ1) is 18.6. The van der Waals surface area contributed by atoms with Crippen molar-refractivity contribution in [1.29, 1.82) is 0 Å². The van der Waals surface area contributed by atoms with Crippen LogP contribution in [0.25, 0.3) is 0 Å². The fourth-order valence-electron chi connectivity index (χ4n) is 2.73. The average Bonchev–Trinajstić information content (AvgIpc) is 2.60. The highest BCUT2D eigenvalue weighted by Crippen LogP contribution is 2.15. The summed E-state index contributed by atoms with van der Waals surface area (Å²) >= 11 is 0. The van der Waals surface area contributed by atoms with Crippen LogP contribution in [0, 0.1) is 0 Å². The molecule has 2 aromatic rings. The Kier molecular flexibility index (Phi) is 6.25. The van der Waals surface area contributed by atoms with E-state index in [0.29, 0.717) is 29.5 Å². The van der Waals surface area contributed by atoms with E-state index in [2.05, 4.69) is 5.73 Å². The van der Waals surface area contributed by atoms with Crippen LogP contribution in [0.1, 0.15) is 41.8 Å². The van der Waals surface area contributed by atoms with Gasteiger partial charge in [0.25, 0.3) is 0 Å². The number of carbonyl (C=O) groups excluding carboxylic acids is 2. The normalized spacial score (nSPS) is 11.6. The summed E-state index contributed by atoms with van der Waals surface area (Å²) in [4.78, 5) is 23.5. The molecule has 0 aliphatic rings. The number of hydrogen-bond donors (Lipinski definition) is 1. The Morgan fingerprint density at radius 1 is 0.960 bits per heavy atom. The van der Waals surface area contributed by atoms with Crippen molar-refractivity contribution in [3.63, 3.8) is 0 Å². The number of carboxylic acid groups (broad SMARTS) is 1. The van der Waals surface area contributed by atoms with Gasteiger partial charge in [0.2, 0.25) is 0 Å². The predicted molar refractivity (Wildman–Crippen MR) is 94.7 cm³/mol. The van der Waals surface area contributed by atoms with E-state index in [0.717, 1.165) is 11.1 Å².